The Morgan fingerprint density at radius 2 is 1.80 bits per heavy atom. The van der Waals surface area contributed by atoms with E-state index in [0.29, 0.717) is 6.54 Å². The second-order valence-corrected chi connectivity index (χ2v) is 5.41. The molecule has 0 saturated heterocycles. The van der Waals surface area contributed by atoms with E-state index in [9.17, 15) is 4.79 Å². The SMILES string of the molecule is COc1ccccc1C=CC(=O)N(Cc1ccco1)c1ccccc1. The first-order valence-corrected chi connectivity index (χ1v) is 7.98. The number of rotatable bonds is 6. The predicted octanol–water partition coefficient (Wildman–Crippen LogP) is 4.53. The molecule has 4 nitrogen and oxygen atoms in total. The van der Waals surface area contributed by atoms with E-state index < -0.39 is 0 Å². The van der Waals surface area contributed by atoms with Crippen molar-refractivity contribution in [1.29, 1.82) is 0 Å². The molecule has 0 saturated carbocycles. The van der Waals surface area contributed by atoms with E-state index in [-0.39, 0.29) is 5.91 Å². The highest BCUT2D eigenvalue weighted by molar-refractivity contribution is 6.03. The quantitative estimate of drug-likeness (QED) is 0.622. The molecule has 0 radical (unpaired) electrons. The maximum Gasteiger partial charge on any atom is 0.251 e. The number of benzene rings is 2. The van der Waals surface area contributed by atoms with Crippen LogP contribution in [0.25, 0.3) is 6.08 Å². The Hall–Kier alpha value is -3.27. The molecule has 4 heteroatoms. The molecule has 1 heterocycles. The number of furan rings is 1. The number of nitrogens with zero attached hydrogens (tertiary/aromatic N) is 1. The van der Waals surface area contributed by atoms with E-state index in [0.717, 1.165) is 22.8 Å². The summed E-state index contributed by atoms with van der Waals surface area (Å²) in [4.78, 5) is 14.5. The van der Waals surface area contributed by atoms with E-state index in [1.165, 1.54) is 0 Å². The number of methoxy groups -OCH3 is 1. The summed E-state index contributed by atoms with van der Waals surface area (Å²) in [6.45, 7) is 0.367. The second-order valence-electron chi connectivity index (χ2n) is 5.41. The summed E-state index contributed by atoms with van der Waals surface area (Å²) in [5.74, 6) is 1.32. The van der Waals surface area contributed by atoms with Crippen molar-refractivity contribution in [2.24, 2.45) is 0 Å². The van der Waals surface area contributed by atoms with Gasteiger partial charge < -0.3 is 14.1 Å². The second kappa shape index (κ2) is 8.02. The van der Waals surface area contributed by atoms with Gasteiger partial charge in [-0.25, -0.2) is 0 Å². The first-order chi connectivity index (χ1) is 12.3. The molecule has 2 aromatic carbocycles. The van der Waals surface area contributed by atoms with Crippen LogP contribution in [-0.2, 0) is 11.3 Å². The third-order valence-electron chi connectivity index (χ3n) is 3.77. The Morgan fingerprint density at radius 1 is 1.04 bits per heavy atom. The van der Waals surface area contributed by atoms with Crippen molar-refractivity contribution in [3.63, 3.8) is 0 Å². The van der Waals surface area contributed by atoms with Crippen molar-refractivity contribution in [3.05, 3.63) is 90.4 Å². The van der Waals surface area contributed by atoms with Crippen LogP contribution in [0.3, 0.4) is 0 Å². The van der Waals surface area contributed by atoms with Gasteiger partial charge in [-0.3, -0.25) is 4.79 Å². The fraction of sp³-hybridized carbons (Fsp3) is 0.0952. The van der Waals surface area contributed by atoms with E-state index in [1.54, 1.807) is 30.4 Å². The van der Waals surface area contributed by atoms with Gasteiger partial charge in [-0.1, -0.05) is 36.4 Å². The van der Waals surface area contributed by atoms with Gasteiger partial charge in [0.1, 0.15) is 11.5 Å². The van der Waals surface area contributed by atoms with Gasteiger partial charge in [0.2, 0.25) is 0 Å². The fourth-order valence-corrected chi connectivity index (χ4v) is 2.52. The van der Waals surface area contributed by atoms with Crippen LogP contribution in [-0.4, -0.2) is 13.0 Å². The van der Waals surface area contributed by atoms with Crippen LogP contribution in [0.5, 0.6) is 5.75 Å². The summed E-state index contributed by atoms with van der Waals surface area (Å²) in [6, 6.07) is 20.8. The Balaban J connectivity index is 1.85. The fourth-order valence-electron chi connectivity index (χ4n) is 2.52. The Kier molecular flexibility index (Phi) is 5.32. The van der Waals surface area contributed by atoms with Crippen LogP contribution in [0.4, 0.5) is 5.69 Å². The van der Waals surface area contributed by atoms with Gasteiger partial charge in [0.05, 0.1) is 19.9 Å². The van der Waals surface area contributed by atoms with Crippen molar-refractivity contribution in [2.75, 3.05) is 12.0 Å². The zero-order chi connectivity index (χ0) is 17.5. The number of carbonyl (C=O) groups excluding carboxylic acids is 1. The number of carbonyl (C=O) groups is 1. The molecule has 0 aliphatic rings. The summed E-state index contributed by atoms with van der Waals surface area (Å²) in [6.07, 6.45) is 4.92. The highest BCUT2D eigenvalue weighted by Gasteiger charge is 2.15. The van der Waals surface area contributed by atoms with Gasteiger partial charge >= 0.3 is 0 Å². The summed E-state index contributed by atoms with van der Waals surface area (Å²) in [5, 5.41) is 0. The molecule has 0 aliphatic heterocycles. The molecule has 1 amide bonds. The standard InChI is InChI=1S/C21H19NO3/c1-24-20-12-6-5-8-17(20)13-14-21(23)22(16-19-11-7-15-25-19)18-9-3-2-4-10-18/h2-15H,16H2,1H3. The van der Waals surface area contributed by atoms with Crippen LogP contribution in [0.2, 0.25) is 0 Å². The zero-order valence-electron chi connectivity index (χ0n) is 14.0. The van der Waals surface area contributed by atoms with Crippen molar-refractivity contribution in [2.45, 2.75) is 6.54 Å². The lowest BCUT2D eigenvalue weighted by Crippen LogP contribution is -2.28. The molecule has 25 heavy (non-hydrogen) atoms. The minimum Gasteiger partial charge on any atom is -0.496 e. The van der Waals surface area contributed by atoms with Crippen LogP contribution in [0.15, 0.2) is 83.5 Å². The van der Waals surface area contributed by atoms with E-state index in [2.05, 4.69) is 0 Å². The van der Waals surface area contributed by atoms with Gasteiger partial charge in [0.15, 0.2) is 0 Å². The highest BCUT2D eigenvalue weighted by atomic mass is 16.5. The van der Waals surface area contributed by atoms with E-state index in [4.69, 9.17) is 9.15 Å². The average molecular weight is 333 g/mol. The molecule has 0 spiro atoms. The normalized spacial score (nSPS) is 10.8. The maximum atomic E-state index is 12.8. The highest BCUT2D eigenvalue weighted by Crippen LogP contribution is 2.21. The third kappa shape index (κ3) is 4.18. The molecular formula is C21H19NO3. The van der Waals surface area contributed by atoms with Crippen molar-refractivity contribution >= 4 is 17.7 Å². The molecule has 3 aromatic rings. The number of anilines is 1. The lowest BCUT2D eigenvalue weighted by atomic mass is 10.2. The number of hydrogen-bond acceptors (Lipinski definition) is 3. The Labute approximate surface area is 147 Å². The Morgan fingerprint density at radius 3 is 2.52 bits per heavy atom. The summed E-state index contributed by atoms with van der Waals surface area (Å²) >= 11 is 0. The molecule has 1 aromatic heterocycles. The zero-order valence-corrected chi connectivity index (χ0v) is 14.0. The topological polar surface area (TPSA) is 42.7 Å². The summed E-state index contributed by atoms with van der Waals surface area (Å²) in [5.41, 5.74) is 1.66. The number of para-hydroxylation sites is 2. The van der Waals surface area contributed by atoms with E-state index in [1.807, 2.05) is 66.7 Å². The van der Waals surface area contributed by atoms with Crippen molar-refractivity contribution < 1.29 is 13.9 Å². The van der Waals surface area contributed by atoms with Crippen molar-refractivity contribution in [3.8, 4) is 5.75 Å². The van der Waals surface area contributed by atoms with Crippen molar-refractivity contribution in [1.82, 2.24) is 0 Å². The lowest BCUT2D eigenvalue weighted by Gasteiger charge is -2.20. The molecule has 0 atom stereocenters. The lowest BCUT2D eigenvalue weighted by molar-refractivity contribution is -0.114. The van der Waals surface area contributed by atoms with Crippen LogP contribution in [0.1, 0.15) is 11.3 Å². The number of ether oxygens (including phenoxy) is 1. The molecule has 126 valence electrons. The molecule has 0 unspecified atom stereocenters. The van der Waals surface area contributed by atoms with Crippen LogP contribution >= 0.6 is 0 Å². The Bertz CT molecular complexity index is 839. The monoisotopic (exact) mass is 333 g/mol. The minimum absolute atomic E-state index is 0.131. The molecule has 0 N–H and O–H groups in total. The summed E-state index contributed by atoms with van der Waals surface area (Å²) < 4.78 is 10.7. The van der Waals surface area contributed by atoms with Crippen LogP contribution in [0, 0.1) is 0 Å². The largest absolute Gasteiger partial charge is 0.496 e. The first-order valence-electron chi connectivity index (χ1n) is 7.98. The number of hydrogen-bond donors (Lipinski definition) is 0. The molecule has 0 bridgehead atoms. The molecule has 0 aliphatic carbocycles. The first kappa shape index (κ1) is 16.6. The van der Waals surface area contributed by atoms with Gasteiger partial charge in [-0.05, 0) is 36.4 Å². The van der Waals surface area contributed by atoms with Gasteiger partial charge in [0, 0.05) is 17.3 Å². The predicted molar refractivity (Wildman–Crippen MR) is 98.4 cm³/mol. The minimum atomic E-state index is -0.131. The number of amides is 1. The molecule has 0 fully saturated rings. The van der Waals surface area contributed by atoms with E-state index >= 15 is 0 Å². The molecule has 3 rings (SSSR count). The smallest absolute Gasteiger partial charge is 0.251 e. The average Bonchev–Trinajstić information content (AvgIpc) is 3.18. The van der Waals surface area contributed by atoms with Gasteiger partial charge in [-0.2, -0.15) is 0 Å². The summed E-state index contributed by atoms with van der Waals surface area (Å²) in [7, 11) is 1.61. The van der Waals surface area contributed by atoms with Gasteiger partial charge in [-0.15, -0.1) is 0 Å². The van der Waals surface area contributed by atoms with Crippen LogP contribution < -0.4 is 9.64 Å². The third-order valence-corrected chi connectivity index (χ3v) is 3.77. The van der Waals surface area contributed by atoms with Gasteiger partial charge in [0.25, 0.3) is 5.91 Å². The maximum absolute atomic E-state index is 12.8. The molecular weight excluding hydrogens is 314 g/mol.